The number of ether oxygens (including phenoxy) is 1. The number of carbonyl (C=O) groups is 1. The van der Waals surface area contributed by atoms with E-state index in [2.05, 4.69) is 17.7 Å². The number of hydrogen-bond donors (Lipinski definition) is 3. The summed E-state index contributed by atoms with van der Waals surface area (Å²) < 4.78 is 5.19. The van der Waals surface area contributed by atoms with E-state index in [4.69, 9.17) is 4.74 Å². The zero-order valence-electron chi connectivity index (χ0n) is 13.2. The number of thiophene rings is 1. The van der Waals surface area contributed by atoms with Crippen LogP contribution in [0.5, 0.6) is 5.75 Å². The quantitative estimate of drug-likeness (QED) is 0.775. The number of amides is 1. The summed E-state index contributed by atoms with van der Waals surface area (Å²) in [7, 11) is 3.85. The van der Waals surface area contributed by atoms with Crippen molar-refractivity contribution in [2.24, 2.45) is 0 Å². The Kier molecular flexibility index (Phi) is 3.50. The van der Waals surface area contributed by atoms with Crippen molar-refractivity contribution in [3.05, 3.63) is 45.8 Å². The zero-order valence-corrected chi connectivity index (χ0v) is 14.0. The first-order valence-corrected chi connectivity index (χ1v) is 8.64. The second-order valence-electron chi connectivity index (χ2n) is 6.17. The molecule has 6 heteroatoms. The third kappa shape index (κ3) is 2.48. The minimum atomic E-state index is -0.189. The van der Waals surface area contributed by atoms with Crippen LogP contribution in [-0.2, 0) is 13.0 Å². The van der Waals surface area contributed by atoms with Gasteiger partial charge < -0.3 is 20.3 Å². The van der Waals surface area contributed by atoms with Gasteiger partial charge in [0, 0.05) is 6.42 Å². The highest BCUT2D eigenvalue weighted by atomic mass is 32.1. The van der Waals surface area contributed by atoms with Crippen LogP contribution in [0.1, 0.15) is 32.5 Å². The Labute approximate surface area is 139 Å². The Hall–Kier alpha value is -2.05. The van der Waals surface area contributed by atoms with Crippen LogP contribution in [0.15, 0.2) is 24.3 Å². The van der Waals surface area contributed by atoms with Gasteiger partial charge in [-0.05, 0) is 23.3 Å². The van der Waals surface area contributed by atoms with E-state index in [-0.39, 0.29) is 12.1 Å². The first-order valence-electron chi connectivity index (χ1n) is 7.83. The Balaban J connectivity index is 1.65. The van der Waals surface area contributed by atoms with Gasteiger partial charge in [-0.25, -0.2) is 0 Å². The lowest BCUT2D eigenvalue weighted by molar-refractivity contribution is -0.895. The van der Waals surface area contributed by atoms with Gasteiger partial charge >= 0.3 is 0 Å². The summed E-state index contributed by atoms with van der Waals surface area (Å²) in [6.45, 7) is 2.10. The van der Waals surface area contributed by atoms with Gasteiger partial charge in [-0.3, -0.25) is 4.79 Å². The third-order valence-corrected chi connectivity index (χ3v) is 5.75. The average molecular weight is 330 g/mol. The summed E-state index contributed by atoms with van der Waals surface area (Å²) in [5.41, 5.74) is 3.13. The number of anilines is 1. The number of benzene rings is 1. The Bertz CT molecular complexity index is 754. The van der Waals surface area contributed by atoms with E-state index in [0.717, 1.165) is 41.4 Å². The lowest BCUT2D eigenvalue weighted by Crippen LogP contribution is -3.08. The predicted octanol–water partition coefficient (Wildman–Crippen LogP) is 1.18. The molecule has 1 amide bonds. The van der Waals surface area contributed by atoms with Crippen LogP contribution in [-0.4, -0.2) is 26.6 Å². The summed E-state index contributed by atoms with van der Waals surface area (Å²) in [5.74, 6) is 0.853. The van der Waals surface area contributed by atoms with E-state index in [1.165, 1.54) is 15.3 Å². The van der Waals surface area contributed by atoms with E-state index in [1.54, 1.807) is 18.4 Å². The molecule has 0 saturated heterocycles. The number of likely N-dealkylation sites (N-methyl/N-ethyl adjacent to an activating group) is 1. The topological polar surface area (TPSA) is 54.8 Å². The highest BCUT2D eigenvalue weighted by molar-refractivity contribution is 7.16. The second-order valence-corrected chi connectivity index (χ2v) is 7.27. The van der Waals surface area contributed by atoms with Crippen molar-refractivity contribution in [2.45, 2.75) is 19.1 Å². The highest BCUT2D eigenvalue weighted by Gasteiger charge is 2.33. The number of nitrogens with one attached hydrogen (secondary N) is 3. The molecule has 1 aromatic carbocycles. The van der Waals surface area contributed by atoms with Gasteiger partial charge in [0.1, 0.15) is 23.5 Å². The standard InChI is InChI=1S/C17H19N3O2S/c1-20-8-7-12-13(9-20)23-17-14(12)16(21)18-15(19-17)10-3-5-11(22-2)6-4-10/h3-6,15,19H,7-9H2,1-2H3,(H,18,21)/p+1/t15-/m0/s1. The molecule has 2 aliphatic rings. The maximum absolute atomic E-state index is 12.6. The maximum atomic E-state index is 12.6. The van der Waals surface area contributed by atoms with Gasteiger partial charge in [-0.2, -0.15) is 0 Å². The first-order chi connectivity index (χ1) is 11.2. The Morgan fingerprint density at radius 3 is 2.78 bits per heavy atom. The normalized spacial score (nSPS) is 22.6. The van der Waals surface area contributed by atoms with E-state index >= 15 is 0 Å². The Morgan fingerprint density at radius 2 is 2.04 bits per heavy atom. The number of hydrogen-bond acceptors (Lipinski definition) is 4. The molecule has 0 bridgehead atoms. The fourth-order valence-electron chi connectivity index (χ4n) is 3.30. The molecule has 1 unspecified atom stereocenters. The second kappa shape index (κ2) is 5.54. The average Bonchev–Trinajstić information content (AvgIpc) is 2.92. The molecular formula is C17H20N3O2S+. The van der Waals surface area contributed by atoms with Crippen LogP contribution in [0.3, 0.4) is 0 Å². The van der Waals surface area contributed by atoms with Crippen molar-refractivity contribution in [1.29, 1.82) is 0 Å². The van der Waals surface area contributed by atoms with Crippen molar-refractivity contribution < 1.29 is 14.4 Å². The molecule has 0 fully saturated rings. The summed E-state index contributed by atoms with van der Waals surface area (Å²) in [6.07, 6.45) is 0.793. The minimum absolute atomic E-state index is 0.0385. The van der Waals surface area contributed by atoms with Gasteiger partial charge in [-0.1, -0.05) is 12.1 Å². The van der Waals surface area contributed by atoms with Gasteiger partial charge in [0.15, 0.2) is 0 Å². The fraction of sp³-hybridized carbons (Fsp3) is 0.353. The molecule has 2 aromatic rings. The number of carbonyl (C=O) groups excluding carboxylic acids is 1. The third-order valence-electron chi connectivity index (χ3n) is 4.58. The van der Waals surface area contributed by atoms with Crippen LogP contribution in [0.2, 0.25) is 0 Å². The van der Waals surface area contributed by atoms with Crippen LogP contribution >= 0.6 is 11.3 Å². The first kappa shape index (κ1) is 14.5. The number of fused-ring (bicyclic) bond motifs is 3. The monoisotopic (exact) mass is 330 g/mol. The molecule has 0 spiro atoms. The molecule has 0 saturated carbocycles. The smallest absolute Gasteiger partial charge is 0.256 e. The summed E-state index contributed by atoms with van der Waals surface area (Å²) in [4.78, 5) is 15.5. The molecule has 4 rings (SSSR count). The lowest BCUT2D eigenvalue weighted by atomic mass is 10.0. The molecule has 5 nitrogen and oxygen atoms in total. The van der Waals surface area contributed by atoms with Crippen molar-refractivity contribution >= 4 is 22.2 Å². The van der Waals surface area contributed by atoms with Crippen molar-refractivity contribution in [3.8, 4) is 5.75 Å². The summed E-state index contributed by atoms with van der Waals surface area (Å²) >= 11 is 1.73. The summed E-state index contributed by atoms with van der Waals surface area (Å²) in [6, 6.07) is 7.79. The van der Waals surface area contributed by atoms with Gasteiger partial charge in [0.05, 0.1) is 31.1 Å². The van der Waals surface area contributed by atoms with E-state index in [1.807, 2.05) is 24.3 Å². The number of quaternary nitrogens is 1. The molecule has 2 aliphatic heterocycles. The van der Waals surface area contributed by atoms with Crippen LogP contribution in [0, 0.1) is 0 Å². The van der Waals surface area contributed by atoms with Gasteiger partial charge in [-0.15, -0.1) is 11.3 Å². The fourth-order valence-corrected chi connectivity index (χ4v) is 4.68. The molecule has 2 atom stereocenters. The molecule has 23 heavy (non-hydrogen) atoms. The maximum Gasteiger partial charge on any atom is 0.256 e. The van der Waals surface area contributed by atoms with Gasteiger partial charge in [0.2, 0.25) is 0 Å². The lowest BCUT2D eigenvalue weighted by Gasteiger charge is -2.27. The minimum Gasteiger partial charge on any atom is -0.497 e. The Morgan fingerprint density at radius 1 is 1.26 bits per heavy atom. The molecule has 0 radical (unpaired) electrons. The van der Waals surface area contributed by atoms with E-state index < -0.39 is 0 Å². The van der Waals surface area contributed by atoms with Crippen molar-refractivity contribution in [3.63, 3.8) is 0 Å². The van der Waals surface area contributed by atoms with E-state index in [9.17, 15) is 4.79 Å². The van der Waals surface area contributed by atoms with Crippen molar-refractivity contribution in [1.82, 2.24) is 5.32 Å². The van der Waals surface area contributed by atoms with Crippen LogP contribution < -0.4 is 20.3 Å². The van der Waals surface area contributed by atoms with Crippen molar-refractivity contribution in [2.75, 3.05) is 26.0 Å². The molecule has 0 aliphatic carbocycles. The molecule has 120 valence electrons. The van der Waals surface area contributed by atoms with Crippen LogP contribution in [0.4, 0.5) is 5.00 Å². The molecule has 1 aromatic heterocycles. The number of rotatable bonds is 2. The van der Waals surface area contributed by atoms with Crippen LogP contribution in [0.25, 0.3) is 0 Å². The largest absolute Gasteiger partial charge is 0.497 e. The predicted molar refractivity (Wildman–Crippen MR) is 90.3 cm³/mol. The van der Waals surface area contributed by atoms with E-state index in [0.29, 0.717) is 0 Å². The molecule has 3 heterocycles. The molecule has 3 N–H and O–H groups in total. The van der Waals surface area contributed by atoms with Gasteiger partial charge in [0.25, 0.3) is 5.91 Å². The number of methoxy groups -OCH3 is 1. The molecular weight excluding hydrogens is 310 g/mol. The highest BCUT2D eigenvalue weighted by Crippen LogP contribution is 2.39. The zero-order chi connectivity index (χ0) is 16.0. The SMILES string of the molecule is COc1ccc([C@H]2NC(=O)c3c(sc4c3CC[NH+](C)C4)N2)cc1. The summed E-state index contributed by atoms with van der Waals surface area (Å²) in [5, 5.41) is 7.58.